The van der Waals surface area contributed by atoms with E-state index in [1.54, 1.807) is 12.1 Å². The summed E-state index contributed by atoms with van der Waals surface area (Å²) in [6.07, 6.45) is 0. The lowest BCUT2D eigenvalue weighted by atomic mass is 9.98. The quantitative estimate of drug-likeness (QED) is 0.227. The van der Waals surface area contributed by atoms with Gasteiger partial charge in [-0.3, -0.25) is 0 Å². The highest BCUT2D eigenvalue weighted by molar-refractivity contribution is 6.26. The molecule has 0 atom stereocenters. The third kappa shape index (κ3) is 3.40. The minimum atomic E-state index is 0.478. The lowest BCUT2D eigenvalue weighted by Crippen LogP contribution is -1.96. The number of hydrogen-bond acceptors (Lipinski definition) is 2. The Morgan fingerprint density at radius 3 is 1.98 bits per heavy atom. The first-order valence-corrected chi connectivity index (χ1v) is 13.8. The van der Waals surface area contributed by atoms with Crippen LogP contribution in [-0.2, 0) is 0 Å². The molecule has 0 saturated heterocycles. The van der Waals surface area contributed by atoms with Crippen LogP contribution in [0.2, 0.25) is 0 Å². The molecule has 0 radical (unpaired) electrons. The molecule has 6 aromatic carbocycles. The van der Waals surface area contributed by atoms with Crippen LogP contribution in [0.25, 0.3) is 66.1 Å². The van der Waals surface area contributed by atoms with Crippen LogP contribution < -0.4 is 0 Å². The van der Waals surface area contributed by atoms with Crippen LogP contribution in [0.5, 0.6) is 0 Å². The SMILES string of the molecule is N#Cc1ccc(-c2cccc(-n3c4ccccc4c4c3ccc3c5ccccc5n(-c5ccccc5)c34)c2)c(C#N)c1. The molecule has 0 saturated carbocycles. The van der Waals surface area contributed by atoms with Crippen molar-refractivity contribution < 1.29 is 0 Å². The normalized spacial score (nSPS) is 11.3. The summed E-state index contributed by atoms with van der Waals surface area (Å²) in [5, 5.41) is 24.0. The van der Waals surface area contributed by atoms with Gasteiger partial charge in [0.2, 0.25) is 0 Å². The van der Waals surface area contributed by atoms with Crippen molar-refractivity contribution in [3.63, 3.8) is 0 Å². The van der Waals surface area contributed by atoms with Crippen molar-refractivity contribution in [1.29, 1.82) is 10.5 Å². The van der Waals surface area contributed by atoms with Gasteiger partial charge in [-0.25, -0.2) is 0 Å². The summed E-state index contributed by atoms with van der Waals surface area (Å²) < 4.78 is 4.70. The van der Waals surface area contributed by atoms with Gasteiger partial charge >= 0.3 is 0 Å². The van der Waals surface area contributed by atoms with E-state index in [1.807, 2.05) is 18.2 Å². The molecule has 0 amide bonds. The van der Waals surface area contributed by atoms with Gasteiger partial charge in [0.05, 0.1) is 45.3 Å². The monoisotopic (exact) mass is 534 g/mol. The molecule has 194 valence electrons. The molecule has 0 fully saturated rings. The fraction of sp³-hybridized carbons (Fsp3) is 0. The van der Waals surface area contributed by atoms with Crippen LogP contribution in [0.15, 0.2) is 133 Å². The number of para-hydroxylation sites is 3. The third-order valence-electron chi connectivity index (χ3n) is 8.17. The highest BCUT2D eigenvalue weighted by Gasteiger charge is 2.20. The molecule has 8 rings (SSSR count). The van der Waals surface area contributed by atoms with E-state index >= 15 is 0 Å². The molecule has 4 nitrogen and oxygen atoms in total. The summed E-state index contributed by atoms with van der Waals surface area (Å²) in [5.74, 6) is 0. The van der Waals surface area contributed by atoms with E-state index in [0.29, 0.717) is 11.1 Å². The number of nitriles is 2. The molecule has 42 heavy (non-hydrogen) atoms. The van der Waals surface area contributed by atoms with Gasteiger partial charge in [-0.2, -0.15) is 10.5 Å². The van der Waals surface area contributed by atoms with Crippen LogP contribution in [0.3, 0.4) is 0 Å². The maximum atomic E-state index is 9.85. The summed E-state index contributed by atoms with van der Waals surface area (Å²) in [4.78, 5) is 0. The van der Waals surface area contributed by atoms with E-state index < -0.39 is 0 Å². The molecule has 0 aliphatic carbocycles. The number of hydrogen-bond donors (Lipinski definition) is 0. The van der Waals surface area contributed by atoms with Gasteiger partial charge in [0.15, 0.2) is 0 Å². The molecule has 0 spiro atoms. The Bertz CT molecular complexity index is 2430. The van der Waals surface area contributed by atoms with Crippen molar-refractivity contribution in [2.45, 2.75) is 0 Å². The Kier molecular flexibility index (Phi) is 5.22. The Balaban J connectivity index is 1.48. The van der Waals surface area contributed by atoms with Crippen LogP contribution >= 0.6 is 0 Å². The Morgan fingerprint density at radius 2 is 1.19 bits per heavy atom. The Morgan fingerprint density at radius 1 is 0.476 bits per heavy atom. The molecule has 4 heteroatoms. The van der Waals surface area contributed by atoms with Gasteiger partial charge in [-0.05, 0) is 65.7 Å². The zero-order chi connectivity index (χ0) is 28.2. The molecular weight excluding hydrogens is 512 g/mol. The Hall–Kier alpha value is -6.10. The van der Waals surface area contributed by atoms with Gasteiger partial charge < -0.3 is 9.13 Å². The Labute approximate surface area is 242 Å². The largest absolute Gasteiger partial charge is 0.309 e. The van der Waals surface area contributed by atoms with Gasteiger partial charge in [-0.15, -0.1) is 0 Å². The van der Waals surface area contributed by atoms with Gasteiger partial charge in [-0.1, -0.05) is 78.9 Å². The van der Waals surface area contributed by atoms with Crippen molar-refractivity contribution >= 4 is 43.6 Å². The molecule has 0 aliphatic rings. The molecule has 2 heterocycles. The molecule has 0 N–H and O–H groups in total. The number of fused-ring (bicyclic) bond motifs is 7. The van der Waals surface area contributed by atoms with Crippen molar-refractivity contribution in [3.05, 3.63) is 145 Å². The molecule has 0 aliphatic heterocycles. The lowest BCUT2D eigenvalue weighted by molar-refractivity contribution is 1.17. The number of nitrogens with zero attached hydrogens (tertiary/aromatic N) is 4. The summed E-state index contributed by atoms with van der Waals surface area (Å²) in [7, 11) is 0. The van der Waals surface area contributed by atoms with Crippen molar-refractivity contribution in [3.8, 4) is 34.6 Å². The third-order valence-corrected chi connectivity index (χ3v) is 8.17. The van der Waals surface area contributed by atoms with Crippen molar-refractivity contribution in [1.82, 2.24) is 9.13 Å². The van der Waals surface area contributed by atoms with Gasteiger partial charge in [0, 0.05) is 32.9 Å². The zero-order valence-corrected chi connectivity index (χ0v) is 22.5. The van der Waals surface area contributed by atoms with E-state index in [4.69, 9.17) is 0 Å². The number of rotatable bonds is 3. The predicted molar refractivity (Wildman–Crippen MR) is 170 cm³/mol. The standard InChI is InChI=1S/C38H22N4/c39-23-25-17-18-30(27(21-25)24-40)26-9-8-12-29(22-26)41-35-16-7-5-14-33(35)37-36(41)20-19-32-31-13-4-6-15-34(31)42(38(32)37)28-10-2-1-3-11-28/h1-22H. The first-order chi connectivity index (χ1) is 20.8. The summed E-state index contributed by atoms with van der Waals surface area (Å²) in [5.41, 5.74) is 9.43. The van der Waals surface area contributed by atoms with Crippen molar-refractivity contribution in [2.24, 2.45) is 0 Å². The lowest BCUT2D eigenvalue weighted by Gasteiger charge is -2.12. The second kappa shape index (κ2) is 9.24. The van der Waals surface area contributed by atoms with Gasteiger partial charge in [0.25, 0.3) is 0 Å². The number of benzene rings is 6. The zero-order valence-electron chi connectivity index (χ0n) is 22.5. The minimum absolute atomic E-state index is 0.478. The van der Waals surface area contributed by atoms with E-state index in [1.165, 1.54) is 32.6 Å². The molecule has 0 bridgehead atoms. The molecule has 8 aromatic rings. The smallest absolute Gasteiger partial charge is 0.0998 e. The highest BCUT2D eigenvalue weighted by Crippen LogP contribution is 2.42. The van der Waals surface area contributed by atoms with Crippen LogP contribution in [0.1, 0.15) is 11.1 Å². The van der Waals surface area contributed by atoms with E-state index in [0.717, 1.165) is 33.5 Å². The number of aromatic nitrogens is 2. The van der Waals surface area contributed by atoms with Crippen LogP contribution in [0.4, 0.5) is 0 Å². The predicted octanol–water partition coefficient (Wildman–Crippen LogP) is 9.29. The van der Waals surface area contributed by atoms with E-state index in [2.05, 4.69) is 124 Å². The van der Waals surface area contributed by atoms with E-state index in [-0.39, 0.29) is 0 Å². The van der Waals surface area contributed by atoms with Gasteiger partial charge in [0.1, 0.15) is 0 Å². The molecule has 2 aromatic heterocycles. The first-order valence-electron chi connectivity index (χ1n) is 13.8. The average molecular weight is 535 g/mol. The fourth-order valence-electron chi connectivity index (χ4n) is 6.40. The van der Waals surface area contributed by atoms with Crippen LogP contribution in [0, 0.1) is 22.7 Å². The maximum Gasteiger partial charge on any atom is 0.0998 e. The van der Waals surface area contributed by atoms with Crippen molar-refractivity contribution in [2.75, 3.05) is 0 Å². The minimum Gasteiger partial charge on any atom is -0.309 e. The summed E-state index contributed by atoms with van der Waals surface area (Å²) in [6, 6.07) is 50.2. The summed E-state index contributed by atoms with van der Waals surface area (Å²) in [6.45, 7) is 0. The molecular formula is C38H22N4. The van der Waals surface area contributed by atoms with E-state index in [9.17, 15) is 10.5 Å². The maximum absolute atomic E-state index is 9.85. The van der Waals surface area contributed by atoms with Crippen LogP contribution in [-0.4, -0.2) is 9.13 Å². The first kappa shape index (κ1) is 23.8. The highest BCUT2D eigenvalue weighted by atomic mass is 15.0. The molecule has 0 unspecified atom stereocenters. The average Bonchev–Trinajstić information content (AvgIpc) is 3.58. The summed E-state index contributed by atoms with van der Waals surface area (Å²) >= 11 is 0. The topological polar surface area (TPSA) is 57.4 Å². The second-order valence-electron chi connectivity index (χ2n) is 10.4. The second-order valence-corrected chi connectivity index (χ2v) is 10.4. The fourth-order valence-corrected chi connectivity index (χ4v) is 6.40.